The molecule has 2 unspecified atom stereocenters. The number of aromatic nitrogens is 3. The molecule has 160 valence electrons. The summed E-state index contributed by atoms with van der Waals surface area (Å²) in [5, 5.41) is 9.25. The zero-order valence-electron chi connectivity index (χ0n) is 16.4. The van der Waals surface area contributed by atoms with Crippen molar-refractivity contribution in [1.82, 2.24) is 20.3 Å². The van der Waals surface area contributed by atoms with Crippen LogP contribution in [0.15, 0.2) is 24.7 Å². The van der Waals surface area contributed by atoms with Gasteiger partial charge in [0, 0.05) is 44.6 Å². The van der Waals surface area contributed by atoms with Gasteiger partial charge in [-0.15, -0.1) is 0 Å². The lowest BCUT2D eigenvalue weighted by Crippen LogP contribution is -2.30. The summed E-state index contributed by atoms with van der Waals surface area (Å²) in [5.41, 5.74) is 1.14. The van der Waals surface area contributed by atoms with E-state index in [9.17, 15) is 9.18 Å². The first kappa shape index (κ1) is 20.9. The molecule has 2 fully saturated rings. The van der Waals surface area contributed by atoms with Gasteiger partial charge in [-0.05, 0) is 24.8 Å². The number of hydrogen-bond acceptors (Lipinski definition) is 7. The van der Waals surface area contributed by atoms with Crippen molar-refractivity contribution in [3.8, 4) is 11.3 Å². The van der Waals surface area contributed by atoms with Gasteiger partial charge in [0.15, 0.2) is 0 Å². The number of nitrogens with zero attached hydrogens (tertiary/aromatic N) is 3. The van der Waals surface area contributed by atoms with E-state index in [4.69, 9.17) is 16.3 Å². The predicted octanol–water partition coefficient (Wildman–Crippen LogP) is 2.53. The van der Waals surface area contributed by atoms with Gasteiger partial charge in [-0.1, -0.05) is 11.6 Å². The van der Waals surface area contributed by atoms with E-state index in [0.29, 0.717) is 40.4 Å². The van der Waals surface area contributed by atoms with Crippen molar-refractivity contribution in [1.29, 1.82) is 0 Å². The van der Waals surface area contributed by atoms with Crippen LogP contribution >= 0.6 is 11.6 Å². The van der Waals surface area contributed by atoms with Crippen molar-refractivity contribution < 1.29 is 13.9 Å². The largest absolute Gasteiger partial charge is 0.381 e. The fraction of sp³-hybridized carbons (Fsp3) is 0.500. The van der Waals surface area contributed by atoms with Crippen LogP contribution in [0.5, 0.6) is 0 Å². The molecule has 4 rings (SSSR count). The zero-order valence-corrected chi connectivity index (χ0v) is 17.2. The van der Waals surface area contributed by atoms with Gasteiger partial charge in [0.2, 0.25) is 5.91 Å². The summed E-state index contributed by atoms with van der Waals surface area (Å²) in [6.07, 6.45) is 5.54. The number of alkyl halides is 1. The number of ether oxygens (including phenoxy) is 1. The maximum absolute atomic E-state index is 13.8. The second-order valence-electron chi connectivity index (χ2n) is 7.55. The summed E-state index contributed by atoms with van der Waals surface area (Å²) >= 11 is 6.32. The van der Waals surface area contributed by atoms with Crippen LogP contribution < -0.4 is 16.0 Å². The highest BCUT2D eigenvalue weighted by Crippen LogP contribution is 2.29. The second kappa shape index (κ2) is 9.63. The van der Waals surface area contributed by atoms with E-state index >= 15 is 0 Å². The lowest BCUT2D eigenvalue weighted by molar-refractivity contribution is -0.120. The van der Waals surface area contributed by atoms with Gasteiger partial charge < -0.3 is 20.7 Å². The van der Waals surface area contributed by atoms with Gasteiger partial charge >= 0.3 is 0 Å². The molecule has 4 heterocycles. The van der Waals surface area contributed by atoms with Gasteiger partial charge in [0.05, 0.1) is 29.0 Å². The van der Waals surface area contributed by atoms with E-state index in [2.05, 4.69) is 30.9 Å². The molecule has 2 atom stereocenters. The molecule has 0 spiro atoms. The van der Waals surface area contributed by atoms with Crippen molar-refractivity contribution in [2.75, 3.05) is 43.5 Å². The molecule has 8 nitrogen and oxygen atoms in total. The van der Waals surface area contributed by atoms with E-state index in [-0.39, 0.29) is 6.54 Å². The number of nitrogens with one attached hydrogen (secondary N) is 3. The molecule has 10 heteroatoms. The van der Waals surface area contributed by atoms with Crippen LogP contribution in [0, 0.1) is 11.8 Å². The maximum atomic E-state index is 13.8. The number of carbonyl (C=O) groups is 1. The lowest BCUT2D eigenvalue weighted by atomic mass is 10.0. The summed E-state index contributed by atoms with van der Waals surface area (Å²) < 4.78 is 19.2. The molecule has 2 aliphatic rings. The average Bonchev–Trinajstić information content (AvgIpc) is 3.20. The fourth-order valence-corrected chi connectivity index (χ4v) is 3.81. The van der Waals surface area contributed by atoms with Crippen LogP contribution in [0.25, 0.3) is 11.3 Å². The minimum atomic E-state index is -1.21. The third-order valence-electron chi connectivity index (χ3n) is 5.41. The van der Waals surface area contributed by atoms with Gasteiger partial charge in [-0.3, -0.25) is 9.78 Å². The first-order valence-corrected chi connectivity index (χ1v) is 10.4. The normalized spacial score (nSPS) is 22.1. The molecule has 2 saturated heterocycles. The Morgan fingerprint density at radius 2 is 2.07 bits per heavy atom. The number of rotatable bonds is 6. The summed E-state index contributed by atoms with van der Waals surface area (Å²) in [6.45, 7) is 2.87. The Labute approximate surface area is 179 Å². The molecular formula is C20H24ClFN6O2. The summed E-state index contributed by atoms with van der Waals surface area (Å²) in [6, 6.07) is 1.63. The highest BCUT2D eigenvalue weighted by molar-refractivity contribution is 6.33. The standard InChI is InChI=1S/C20H24ClFN6O2/c21-15-8-26-18(28-20(29)14-7-23-9-16(14)22)5-13(15)17-10-24-11-19(27-17)25-6-12-1-3-30-4-2-12/h5,8,10-12,14,16,23H,1-4,6-7,9H2,(H,25,27)(H,26,28,29). The minimum Gasteiger partial charge on any atom is -0.381 e. The van der Waals surface area contributed by atoms with Gasteiger partial charge in [0.25, 0.3) is 0 Å². The third kappa shape index (κ3) is 5.03. The maximum Gasteiger partial charge on any atom is 0.232 e. The molecule has 2 aliphatic heterocycles. The molecule has 3 N–H and O–H groups in total. The smallest absolute Gasteiger partial charge is 0.232 e. The molecule has 0 radical (unpaired) electrons. The summed E-state index contributed by atoms with van der Waals surface area (Å²) in [5.74, 6) is 0.338. The van der Waals surface area contributed by atoms with E-state index in [1.807, 2.05) is 0 Å². The number of halogens is 2. The molecular weight excluding hydrogens is 411 g/mol. The number of amides is 1. The van der Waals surface area contributed by atoms with Gasteiger partial charge in [0.1, 0.15) is 17.8 Å². The topological polar surface area (TPSA) is 101 Å². The van der Waals surface area contributed by atoms with Crippen LogP contribution in [0.4, 0.5) is 16.0 Å². The minimum absolute atomic E-state index is 0.181. The first-order chi connectivity index (χ1) is 14.6. The highest BCUT2D eigenvalue weighted by atomic mass is 35.5. The number of hydrogen-bond donors (Lipinski definition) is 3. The van der Waals surface area contributed by atoms with Crippen LogP contribution in [0.2, 0.25) is 5.02 Å². The Hall–Kier alpha value is -2.36. The number of anilines is 2. The predicted molar refractivity (Wildman–Crippen MR) is 112 cm³/mol. The van der Waals surface area contributed by atoms with Gasteiger partial charge in [-0.25, -0.2) is 14.4 Å². The summed E-state index contributed by atoms with van der Waals surface area (Å²) in [4.78, 5) is 25.3. The van der Waals surface area contributed by atoms with E-state index in [0.717, 1.165) is 32.6 Å². The van der Waals surface area contributed by atoms with Crippen LogP contribution in [0.3, 0.4) is 0 Å². The molecule has 2 aromatic heterocycles. The van der Waals surface area contributed by atoms with Crippen molar-refractivity contribution in [2.45, 2.75) is 19.0 Å². The van der Waals surface area contributed by atoms with Gasteiger partial charge in [-0.2, -0.15) is 0 Å². The van der Waals surface area contributed by atoms with Crippen molar-refractivity contribution in [2.24, 2.45) is 11.8 Å². The Morgan fingerprint density at radius 3 is 2.83 bits per heavy atom. The molecule has 0 aromatic carbocycles. The summed E-state index contributed by atoms with van der Waals surface area (Å²) in [7, 11) is 0. The van der Waals surface area contributed by atoms with Crippen LogP contribution in [0.1, 0.15) is 12.8 Å². The second-order valence-corrected chi connectivity index (χ2v) is 7.95. The molecule has 30 heavy (non-hydrogen) atoms. The molecule has 0 aliphatic carbocycles. The van der Waals surface area contributed by atoms with Crippen LogP contribution in [-0.4, -0.2) is 59.9 Å². The van der Waals surface area contributed by atoms with Crippen molar-refractivity contribution >= 4 is 29.1 Å². The molecule has 0 bridgehead atoms. The Bertz CT molecular complexity index is 895. The SMILES string of the molecule is O=C(Nc1cc(-c2cncc(NCC3CCOCC3)n2)c(Cl)cn1)C1CNCC1F. The quantitative estimate of drug-likeness (QED) is 0.642. The number of carbonyl (C=O) groups excluding carboxylic acids is 1. The zero-order chi connectivity index (χ0) is 20.9. The Kier molecular flexibility index (Phi) is 6.71. The van der Waals surface area contributed by atoms with E-state index in [1.54, 1.807) is 18.5 Å². The van der Waals surface area contributed by atoms with E-state index in [1.165, 1.54) is 6.20 Å². The monoisotopic (exact) mass is 434 g/mol. The first-order valence-electron chi connectivity index (χ1n) is 10.1. The van der Waals surface area contributed by atoms with E-state index < -0.39 is 18.0 Å². The fourth-order valence-electron chi connectivity index (χ4n) is 3.61. The molecule has 0 saturated carbocycles. The third-order valence-corrected chi connectivity index (χ3v) is 5.71. The average molecular weight is 435 g/mol. The highest BCUT2D eigenvalue weighted by Gasteiger charge is 2.33. The van der Waals surface area contributed by atoms with Crippen molar-refractivity contribution in [3.05, 3.63) is 29.7 Å². The van der Waals surface area contributed by atoms with Crippen LogP contribution in [-0.2, 0) is 9.53 Å². The van der Waals surface area contributed by atoms with Crippen molar-refractivity contribution in [3.63, 3.8) is 0 Å². The molecule has 2 aromatic rings. The Morgan fingerprint density at radius 1 is 1.23 bits per heavy atom. The lowest BCUT2D eigenvalue weighted by Gasteiger charge is -2.22. The number of pyridine rings is 1. The Balaban J connectivity index is 1.46. The molecule has 1 amide bonds.